The van der Waals surface area contributed by atoms with Gasteiger partial charge in [0.2, 0.25) is 0 Å². The first-order valence-corrected chi connectivity index (χ1v) is 9.58. The van der Waals surface area contributed by atoms with E-state index in [0.29, 0.717) is 11.3 Å². The Morgan fingerprint density at radius 3 is 2.28 bits per heavy atom. The maximum atomic E-state index is 12.3. The zero-order valence-corrected chi connectivity index (χ0v) is 16.5. The van der Waals surface area contributed by atoms with Crippen molar-refractivity contribution in [1.82, 2.24) is 20.4 Å². The summed E-state index contributed by atoms with van der Waals surface area (Å²) in [6.45, 7) is 2.10. The number of hydrogen-bond donors (Lipinski definition) is 2. The Kier molecular flexibility index (Phi) is 5.05. The van der Waals surface area contributed by atoms with Crippen molar-refractivity contribution in [3.8, 4) is 16.9 Å². The van der Waals surface area contributed by atoms with Crippen LogP contribution >= 0.6 is 12.2 Å². The van der Waals surface area contributed by atoms with E-state index in [0.717, 1.165) is 17.7 Å². The Bertz CT molecular complexity index is 1110. The Morgan fingerprint density at radius 2 is 1.66 bits per heavy atom. The fourth-order valence-electron chi connectivity index (χ4n) is 3.09. The van der Waals surface area contributed by atoms with E-state index in [9.17, 15) is 9.59 Å². The molecule has 2 aromatic carbocycles. The van der Waals surface area contributed by atoms with Crippen LogP contribution in [0.2, 0.25) is 0 Å². The van der Waals surface area contributed by atoms with E-state index < -0.39 is 11.8 Å². The van der Waals surface area contributed by atoms with Crippen LogP contribution in [0.1, 0.15) is 18.1 Å². The molecule has 0 bridgehead atoms. The molecule has 2 heterocycles. The largest absolute Gasteiger partial charge is 0.299 e. The highest BCUT2D eigenvalue weighted by molar-refractivity contribution is 7.80. The number of hydrogen-bond acceptors (Lipinski definition) is 4. The zero-order valence-electron chi connectivity index (χ0n) is 15.7. The summed E-state index contributed by atoms with van der Waals surface area (Å²) in [5.41, 5.74) is 4.32. The summed E-state index contributed by atoms with van der Waals surface area (Å²) in [4.78, 5) is 24.5. The number of aryl methyl sites for hydroxylation is 1. The van der Waals surface area contributed by atoms with E-state index in [1.807, 2.05) is 54.6 Å². The van der Waals surface area contributed by atoms with Crippen molar-refractivity contribution < 1.29 is 9.59 Å². The summed E-state index contributed by atoms with van der Waals surface area (Å²) in [5, 5.41) is 9.64. The molecule has 29 heavy (non-hydrogen) atoms. The minimum absolute atomic E-state index is 0.00695. The molecular weight excluding hydrogens is 384 g/mol. The molecule has 0 spiro atoms. The molecule has 1 aliphatic heterocycles. The number of aromatic nitrogens is 2. The van der Waals surface area contributed by atoms with Crippen molar-refractivity contribution >= 4 is 35.2 Å². The van der Waals surface area contributed by atoms with Crippen molar-refractivity contribution in [2.75, 3.05) is 0 Å². The standard InChI is InChI=1S/C22H18N4O2S/c1-2-14-8-10-15(11-9-14)19-16(12-18-20(27)23-22(29)24-21(18)28)13-26(25-19)17-6-4-3-5-7-17/h3-13H,2H2,1H3,(H2,23,24,27,28,29). The third-order valence-corrected chi connectivity index (χ3v) is 4.85. The lowest BCUT2D eigenvalue weighted by molar-refractivity contribution is -0.123. The predicted molar refractivity (Wildman–Crippen MR) is 115 cm³/mol. The van der Waals surface area contributed by atoms with Gasteiger partial charge in [0.25, 0.3) is 11.8 Å². The summed E-state index contributed by atoms with van der Waals surface area (Å²) in [6, 6.07) is 17.7. The van der Waals surface area contributed by atoms with Crippen LogP contribution in [0.25, 0.3) is 23.0 Å². The Morgan fingerprint density at radius 1 is 1.00 bits per heavy atom. The molecule has 0 atom stereocenters. The zero-order chi connectivity index (χ0) is 20.4. The molecule has 2 N–H and O–H groups in total. The molecular formula is C22H18N4O2S. The second kappa shape index (κ2) is 7.81. The van der Waals surface area contributed by atoms with E-state index in [4.69, 9.17) is 17.3 Å². The number of benzene rings is 2. The Balaban J connectivity index is 1.84. The highest BCUT2D eigenvalue weighted by Gasteiger charge is 2.26. The lowest BCUT2D eigenvalue weighted by Crippen LogP contribution is -2.51. The monoisotopic (exact) mass is 402 g/mol. The number of carbonyl (C=O) groups excluding carboxylic acids is 2. The number of amides is 2. The average molecular weight is 402 g/mol. The molecule has 4 rings (SSSR count). The minimum atomic E-state index is -0.529. The van der Waals surface area contributed by atoms with Crippen LogP contribution in [0.5, 0.6) is 0 Å². The maximum Gasteiger partial charge on any atom is 0.263 e. The molecule has 0 unspecified atom stereocenters. The molecule has 7 heteroatoms. The van der Waals surface area contributed by atoms with Gasteiger partial charge >= 0.3 is 0 Å². The van der Waals surface area contributed by atoms with Gasteiger partial charge in [-0.1, -0.05) is 49.4 Å². The molecule has 144 valence electrons. The summed E-state index contributed by atoms with van der Waals surface area (Å²) in [6.07, 6.45) is 4.29. The van der Waals surface area contributed by atoms with Crippen LogP contribution in [0.3, 0.4) is 0 Å². The van der Waals surface area contributed by atoms with Gasteiger partial charge in [0, 0.05) is 17.3 Å². The third kappa shape index (κ3) is 3.86. The van der Waals surface area contributed by atoms with Gasteiger partial charge in [0.1, 0.15) is 5.57 Å². The number of para-hydroxylation sites is 1. The van der Waals surface area contributed by atoms with Gasteiger partial charge in [0.05, 0.1) is 11.4 Å². The molecule has 1 aliphatic rings. The van der Waals surface area contributed by atoms with E-state index in [2.05, 4.69) is 17.6 Å². The first-order chi connectivity index (χ1) is 14.0. The van der Waals surface area contributed by atoms with Crippen LogP contribution in [0.15, 0.2) is 66.4 Å². The van der Waals surface area contributed by atoms with Crippen LogP contribution in [-0.2, 0) is 16.0 Å². The van der Waals surface area contributed by atoms with Gasteiger partial charge in [-0.2, -0.15) is 5.10 Å². The second-order valence-corrected chi connectivity index (χ2v) is 6.97. The highest BCUT2D eigenvalue weighted by atomic mass is 32.1. The van der Waals surface area contributed by atoms with Crippen LogP contribution < -0.4 is 10.6 Å². The van der Waals surface area contributed by atoms with Crippen LogP contribution in [-0.4, -0.2) is 26.7 Å². The highest BCUT2D eigenvalue weighted by Crippen LogP contribution is 2.26. The summed E-state index contributed by atoms with van der Waals surface area (Å²) in [7, 11) is 0. The normalized spacial score (nSPS) is 13.8. The van der Waals surface area contributed by atoms with Gasteiger partial charge in [-0.3, -0.25) is 20.2 Å². The van der Waals surface area contributed by atoms with Crippen molar-refractivity contribution in [2.24, 2.45) is 0 Å². The summed E-state index contributed by atoms with van der Waals surface area (Å²) >= 11 is 4.86. The molecule has 2 amide bonds. The lowest BCUT2D eigenvalue weighted by Gasteiger charge is -2.16. The predicted octanol–water partition coefficient (Wildman–Crippen LogP) is 3.02. The smallest absolute Gasteiger partial charge is 0.263 e. The van der Waals surface area contributed by atoms with Crippen LogP contribution in [0.4, 0.5) is 0 Å². The molecule has 0 saturated carbocycles. The second-order valence-electron chi connectivity index (χ2n) is 6.56. The molecule has 6 nitrogen and oxygen atoms in total. The quantitative estimate of drug-likeness (QED) is 0.400. The van der Waals surface area contributed by atoms with Crippen molar-refractivity contribution in [3.05, 3.63) is 77.5 Å². The number of nitrogens with zero attached hydrogens (tertiary/aromatic N) is 2. The minimum Gasteiger partial charge on any atom is -0.299 e. The molecule has 1 fully saturated rings. The molecule has 1 saturated heterocycles. The van der Waals surface area contributed by atoms with Gasteiger partial charge < -0.3 is 0 Å². The van der Waals surface area contributed by atoms with E-state index in [1.165, 1.54) is 5.56 Å². The average Bonchev–Trinajstić information content (AvgIpc) is 3.15. The maximum absolute atomic E-state index is 12.3. The Labute approximate surface area is 173 Å². The summed E-state index contributed by atoms with van der Waals surface area (Å²) in [5.74, 6) is -1.06. The van der Waals surface area contributed by atoms with Crippen molar-refractivity contribution in [1.29, 1.82) is 0 Å². The number of carbonyl (C=O) groups is 2. The first kappa shape index (κ1) is 18.8. The molecule has 0 aliphatic carbocycles. The Hall–Kier alpha value is -3.58. The van der Waals surface area contributed by atoms with E-state index >= 15 is 0 Å². The fourth-order valence-corrected chi connectivity index (χ4v) is 3.28. The van der Waals surface area contributed by atoms with Gasteiger partial charge in [-0.25, -0.2) is 4.68 Å². The number of rotatable bonds is 4. The van der Waals surface area contributed by atoms with Crippen molar-refractivity contribution in [2.45, 2.75) is 13.3 Å². The molecule has 1 aromatic heterocycles. The van der Waals surface area contributed by atoms with Crippen LogP contribution in [0, 0.1) is 0 Å². The number of nitrogens with one attached hydrogen (secondary N) is 2. The third-order valence-electron chi connectivity index (χ3n) is 4.64. The lowest BCUT2D eigenvalue weighted by atomic mass is 10.0. The van der Waals surface area contributed by atoms with E-state index in [-0.39, 0.29) is 10.7 Å². The van der Waals surface area contributed by atoms with Gasteiger partial charge in [-0.05, 0) is 42.4 Å². The topological polar surface area (TPSA) is 76.0 Å². The number of thiocarbonyl (C=S) groups is 1. The van der Waals surface area contributed by atoms with Crippen molar-refractivity contribution in [3.63, 3.8) is 0 Å². The van der Waals surface area contributed by atoms with E-state index in [1.54, 1.807) is 17.0 Å². The van der Waals surface area contributed by atoms with Gasteiger partial charge in [-0.15, -0.1) is 0 Å². The summed E-state index contributed by atoms with van der Waals surface area (Å²) < 4.78 is 1.73. The van der Waals surface area contributed by atoms with Gasteiger partial charge in [0.15, 0.2) is 5.11 Å². The fraction of sp³-hybridized carbons (Fsp3) is 0.0909. The first-order valence-electron chi connectivity index (χ1n) is 9.18. The SMILES string of the molecule is CCc1ccc(-c2nn(-c3ccccc3)cc2C=C2C(=O)NC(=S)NC2=O)cc1. The molecule has 3 aromatic rings. The molecule has 0 radical (unpaired) electrons.